The van der Waals surface area contributed by atoms with Crippen LogP contribution in [0.5, 0.6) is 0 Å². The van der Waals surface area contributed by atoms with Crippen LogP contribution in [-0.2, 0) is 28.5 Å². The number of hydrogen-bond donors (Lipinski definition) is 2. The molecule has 2 aromatic rings. The molecule has 0 radical (unpaired) electrons. The minimum absolute atomic E-state index is 0.0858. The van der Waals surface area contributed by atoms with Crippen molar-refractivity contribution >= 4 is 15.9 Å². The van der Waals surface area contributed by atoms with Crippen LogP contribution in [0, 0.1) is 0 Å². The van der Waals surface area contributed by atoms with E-state index < -0.39 is 27.7 Å². The van der Waals surface area contributed by atoms with E-state index >= 15 is 0 Å². The lowest BCUT2D eigenvalue weighted by Gasteiger charge is -2.11. The van der Waals surface area contributed by atoms with Gasteiger partial charge in [-0.3, -0.25) is 4.79 Å². The Morgan fingerprint density at radius 1 is 1.04 bits per heavy atom. The number of carbonyl (C=O) groups excluding carboxylic acids is 1. The van der Waals surface area contributed by atoms with E-state index in [0.717, 1.165) is 12.1 Å². The molecule has 0 atom stereocenters. The molecule has 28 heavy (non-hydrogen) atoms. The Balaban J connectivity index is 1.97. The first-order chi connectivity index (χ1) is 13.0. The van der Waals surface area contributed by atoms with Crippen LogP contribution in [0.1, 0.15) is 40.9 Å². The highest BCUT2D eigenvalue weighted by molar-refractivity contribution is 7.88. The molecule has 0 saturated heterocycles. The lowest BCUT2D eigenvalue weighted by Crippen LogP contribution is -2.31. The maximum absolute atomic E-state index is 12.7. The maximum Gasteiger partial charge on any atom is 0.416 e. The van der Waals surface area contributed by atoms with Crippen LogP contribution in [0.3, 0.4) is 0 Å². The Hall–Kier alpha value is -2.39. The molecule has 2 N–H and O–H groups in total. The normalized spacial score (nSPS) is 12.2. The number of hydrogen-bond acceptors (Lipinski definition) is 3. The molecule has 9 heteroatoms. The molecular weight excluding hydrogens is 393 g/mol. The summed E-state index contributed by atoms with van der Waals surface area (Å²) in [6.07, 6.45) is -4.52. The van der Waals surface area contributed by atoms with E-state index in [1.807, 2.05) is 0 Å². The highest BCUT2D eigenvalue weighted by atomic mass is 32.2. The van der Waals surface area contributed by atoms with Gasteiger partial charge in [0.05, 0.1) is 11.3 Å². The van der Waals surface area contributed by atoms with Crippen LogP contribution in [0.15, 0.2) is 48.5 Å². The number of benzene rings is 2. The molecular formula is C19H21F3N2O3S. The van der Waals surface area contributed by atoms with Gasteiger partial charge in [0.25, 0.3) is 5.91 Å². The number of halogens is 3. The minimum Gasteiger partial charge on any atom is -0.348 e. The molecule has 0 saturated carbocycles. The number of carbonyl (C=O) groups is 1. The van der Waals surface area contributed by atoms with E-state index in [4.69, 9.17) is 0 Å². The van der Waals surface area contributed by atoms with Crippen molar-refractivity contribution in [3.63, 3.8) is 0 Å². The molecule has 0 bridgehead atoms. The van der Waals surface area contributed by atoms with Crippen molar-refractivity contribution in [2.45, 2.75) is 38.4 Å². The Morgan fingerprint density at radius 2 is 1.64 bits per heavy atom. The summed E-state index contributed by atoms with van der Waals surface area (Å²) in [4.78, 5) is 12.1. The molecule has 0 fully saturated rings. The summed E-state index contributed by atoms with van der Waals surface area (Å²) in [6.45, 7) is 3.56. The van der Waals surface area contributed by atoms with Crippen molar-refractivity contribution in [1.82, 2.24) is 10.0 Å². The van der Waals surface area contributed by atoms with E-state index in [1.54, 1.807) is 38.1 Å². The molecule has 5 nitrogen and oxygen atoms in total. The third kappa shape index (κ3) is 6.65. The van der Waals surface area contributed by atoms with E-state index in [2.05, 4.69) is 10.0 Å². The van der Waals surface area contributed by atoms with Crippen LogP contribution in [0.2, 0.25) is 0 Å². The van der Waals surface area contributed by atoms with E-state index in [1.165, 1.54) is 12.1 Å². The third-order valence-electron chi connectivity index (χ3n) is 3.70. The van der Waals surface area contributed by atoms with Crippen LogP contribution >= 0.6 is 0 Å². The first kappa shape index (κ1) is 21.9. The molecule has 0 aromatic heterocycles. The van der Waals surface area contributed by atoms with Crippen LogP contribution < -0.4 is 10.0 Å². The highest BCUT2D eigenvalue weighted by Gasteiger charge is 2.30. The van der Waals surface area contributed by atoms with Crippen LogP contribution in [0.25, 0.3) is 0 Å². The number of sulfonamides is 1. The number of alkyl halides is 3. The fourth-order valence-electron chi connectivity index (χ4n) is 2.49. The summed E-state index contributed by atoms with van der Waals surface area (Å²) in [6, 6.07) is 10.6. The zero-order valence-corrected chi connectivity index (χ0v) is 16.2. The van der Waals surface area contributed by atoms with Gasteiger partial charge in [0.15, 0.2) is 0 Å². The lowest BCUT2D eigenvalue weighted by atomic mass is 10.1. The zero-order valence-electron chi connectivity index (χ0n) is 15.4. The molecule has 2 rings (SSSR count). The molecule has 0 heterocycles. The first-order valence-electron chi connectivity index (χ1n) is 8.49. The standard InChI is InChI=1S/C19H21F3N2O3S/c1-13(2)24-28(26,27)12-15-8-6-14(7-9-15)11-23-18(25)16-4-3-5-17(10-16)19(20,21)22/h3-10,13,24H,11-12H2,1-2H3,(H,23,25). The molecule has 0 aliphatic heterocycles. The topological polar surface area (TPSA) is 75.3 Å². The average molecular weight is 414 g/mol. The van der Waals surface area contributed by atoms with Crippen LogP contribution in [0.4, 0.5) is 13.2 Å². The Labute approximate surface area is 162 Å². The molecule has 0 spiro atoms. The predicted octanol–water partition coefficient (Wildman–Crippen LogP) is 3.46. The molecule has 2 aromatic carbocycles. The Morgan fingerprint density at radius 3 is 2.21 bits per heavy atom. The number of nitrogens with one attached hydrogen (secondary N) is 2. The van der Waals surface area contributed by atoms with Gasteiger partial charge in [0.2, 0.25) is 10.0 Å². The van der Waals surface area contributed by atoms with Crippen LogP contribution in [-0.4, -0.2) is 20.4 Å². The summed E-state index contributed by atoms with van der Waals surface area (Å²) >= 11 is 0. The second kappa shape index (κ2) is 8.74. The molecule has 0 aliphatic carbocycles. The maximum atomic E-state index is 12.7. The largest absolute Gasteiger partial charge is 0.416 e. The average Bonchev–Trinajstić information content (AvgIpc) is 2.58. The number of amides is 1. The monoisotopic (exact) mass is 414 g/mol. The van der Waals surface area contributed by atoms with E-state index in [0.29, 0.717) is 11.1 Å². The van der Waals surface area contributed by atoms with Crippen molar-refractivity contribution < 1.29 is 26.4 Å². The molecule has 0 unspecified atom stereocenters. The van der Waals surface area contributed by atoms with Gasteiger partial charge in [-0.15, -0.1) is 0 Å². The Bertz CT molecular complexity index is 924. The summed E-state index contributed by atoms with van der Waals surface area (Å²) in [5, 5.41) is 2.55. The van der Waals surface area contributed by atoms with Gasteiger partial charge in [0, 0.05) is 18.2 Å². The smallest absolute Gasteiger partial charge is 0.348 e. The number of rotatable bonds is 7. The summed E-state index contributed by atoms with van der Waals surface area (Å²) in [7, 11) is -3.44. The second-order valence-electron chi connectivity index (χ2n) is 6.61. The summed E-state index contributed by atoms with van der Waals surface area (Å²) in [5.41, 5.74) is 0.303. The molecule has 1 amide bonds. The van der Waals surface area contributed by atoms with Gasteiger partial charge in [-0.1, -0.05) is 30.3 Å². The molecule has 0 aliphatic rings. The summed E-state index contributed by atoms with van der Waals surface area (Å²) in [5.74, 6) is -0.791. The van der Waals surface area contributed by atoms with Crippen molar-refractivity contribution in [1.29, 1.82) is 0 Å². The van der Waals surface area contributed by atoms with Gasteiger partial charge >= 0.3 is 6.18 Å². The minimum atomic E-state index is -4.52. The fraction of sp³-hybridized carbons (Fsp3) is 0.316. The first-order valence-corrected chi connectivity index (χ1v) is 10.1. The summed E-state index contributed by atoms with van der Waals surface area (Å²) < 4.78 is 64.5. The molecule has 152 valence electrons. The van der Waals surface area contributed by atoms with Crippen molar-refractivity contribution in [3.8, 4) is 0 Å². The van der Waals surface area contributed by atoms with E-state index in [-0.39, 0.29) is 23.9 Å². The van der Waals surface area contributed by atoms with Gasteiger partial charge in [-0.25, -0.2) is 13.1 Å². The predicted molar refractivity (Wildman–Crippen MR) is 100.0 cm³/mol. The van der Waals surface area contributed by atoms with Crippen molar-refractivity contribution in [3.05, 3.63) is 70.8 Å². The third-order valence-corrected chi connectivity index (χ3v) is 5.24. The zero-order chi connectivity index (χ0) is 20.9. The van der Waals surface area contributed by atoms with Gasteiger partial charge in [0.1, 0.15) is 0 Å². The quantitative estimate of drug-likeness (QED) is 0.729. The highest BCUT2D eigenvalue weighted by Crippen LogP contribution is 2.29. The fourth-order valence-corrected chi connectivity index (χ4v) is 3.93. The van der Waals surface area contributed by atoms with Crippen molar-refractivity contribution in [2.75, 3.05) is 0 Å². The van der Waals surface area contributed by atoms with Gasteiger partial charge in [-0.05, 0) is 43.2 Å². The lowest BCUT2D eigenvalue weighted by molar-refractivity contribution is -0.137. The second-order valence-corrected chi connectivity index (χ2v) is 8.36. The van der Waals surface area contributed by atoms with Gasteiger partial charge in [-0.2, -0.15) is 13.2 Å². The SMILES string of the molecule is CC(C)NS(=O)(=O)Cc1ccc(CNC(=O)c2cccc(C(F)(F)F)c2)cc1. The van der Waals surface area contributed by atoms with Crippen molar-refractivity contribution in [2.24, 2.45) is 0 Å². The van der Waals surface area contributed by atoms with E-state index in [9.17, 15) is 26.4 Å². The van der Waals surface area contributed by atoms with Gasteiger partial charge < -0.3 is 5.32 Å². The Kier molecular flexibility index (Phi) is 6.84.